The van der Waals surface area contributed by atoms with Gasteiger partial charge in [-0.2, -0.15) is 0 Å². The van der Waals surface area contributed by atoms with Crippen molar-refractivity contribution in [2.75, 3.05) is 10.8 Å². The van der Waals surface area contributed by atoms with E-state index in [4.69, 9.17) is 16.3 Å². The summed E-state index contributed by atoms with van der Waals surface area (Å²) in [4.78, 5) is 26.7. The topological polar surface area (TPSA) is 166 Å². The van der Waals surface area contributed by atoms with Crippen molar-refractivity contribution in [3.05, 3.63) is 71.4 Å². The number of hydrogen-bond donors (Lipinski definition) is 4. The van der Waals surface area contributed by atoms with Crippen LogP contribution < -0.4 is 15.6 Å². The van der Waals surface area contributed by atoms with Gasteiger partial charge in [0, 0.05) is 24.9 Å². The van der Waals surface area contributed by atoms with Crippen molar-refractivity contribution >= 4 is 33.7 Å². The van der Waals surface area contributed by atoms with E-state index in [2.05, 4.69) is 4.98 Å². The molecule has 0 saturated heterocycles. The first-order valence-electron chi connectivity index (χ1n) is 9.39. The molecule has 0 radical (unpaired) electrons. The fraction of sp³-hybridized carbons (Fsp3) is 0.150. The Morgan fingerprint density at radius 1 is 1.25 bits per heavy atom. The number of carbonyl (C=O) groups excluding carboxylic acids is 2. The van der Waals surface area contributed by atoms with E-state index in [0.717, 1.165) is 23.3 Å². The van der Waals surface area contributed by atoms with Gasteiger partial charge in [-0.3, -0.25) is 20.0 Å². The monoisotopic (exact) mass is 459 g/mol. The number of aromatic nitrogens is 1. The van der Waals surface area contributed by atoms with Gasteiger partial charge < -0.3 is 0 Å². The maximum Gasteiger partial charge on any atom is 0.284 e. The van der Waals surface area contributed by atoms with Gasteiger partial charge in [0.1, 0.15) is 5.82 Å². The number of anilines is 1. The molecule has 0 bridgehead atoms. The van der Waals surface area contributed by atoms with Crippen LogP contribution >= 0.6 is 0 Å². The SMILES string of the molecule is NN(O)C(=O)/C=C/Cc1ccc(S(=O)(=O)N2CCc3cc(/C=C/C(=O)NO)cnc32)cc1. The minimum atomic E-state index is -3.83. The summed E-state index contributed by atoms with van der Waals surface area (Å²) in [7, 11) is -3.83. The number of carbonyl (C=O) groups is 2. The van der Waals surface area contributed by atoms with Crippen molar-refractivity contribution in [3.63, 3.8) is 0 Å². The number of pyridine rings is 1. The molecular formula is C20H21N5O6S. The minimum Gasteiger partial charge on any atom is -0.288 e. The van der Waals surface area contributed by atoms with Gasteiger partial charge in [-0.05, 0) is 53.8 Å². The minimum absolute atomic E-state index is 0.0286. The standard InChI is InChI=1S/C20H21N5O6S/c21-25(29)19(27)3-1-2-14-4-7-17(8-5-14)32(30,31)24-11-10-16-12-15(13-22-20(16)24)6-9-18(26)23-28/h1,3-9,12-13,28-29H,2,10-11,21H2,(H,23,26)/b3-1+,9-6+. The zero-order valence-corrected chi connectivity index (χ0v) is 17.6. The Hall–Kier alpha value is -3.58. The molecule has 5 N–H and O–H groups in total. The van der Waals surface area contributed by atoms with Crippen molar-refractivity contribution in [1.82, 2.24) is 15.6 Å². The molecule has 0 unspecified atom stereocenters. The molecule has 11 nitrogen and oxygen atoms in total. The average molecular weight is 459 g/mol. The maximum atomic E-state index is 13.1. The maximum absolute atomic E-state index is 13.1. The van der Waals surface area contributed by atoms with Crippen LogP contribution in [0.25, 0.3) is 6.08 Å². The highest BCUT2D eigenvalue weighted by atomic mass is 32.2. The van der Waals surface area contributed by atoms with Crippen LogP contribution in [0.1, 0.15) is 16.7 Å². The highest BCUT2D eigenvalue weighted by Gasteiger charge is 2.32. The molecule has 32 heavy (non-hydrogen) atoms. The first-order chi connectivity index (χ1) is 15.2. The Morgan fingerprint density at radius 2 is 1.97 bits per heavy atom. The lowest BCUT2D eigenvalue weighted by Gasteiger charge is -2.18. The third-order valence-electron chi connectivity index (χ3n) is 4.67. The molecule has 0 saturated carbocycles. The van der Waals surface area contributed by atoms with Crippen LogP contribution in [0, 0.1) is 0 Å². The van der Waals surface area contributed by atoms with Crippen molar-refractivity contribution < 1.29 is 28.4 Å². The third-order valence-corrected chi connectivity index (χ3v) is 6.48. The largest absolute Gasteiger partial charge is 0.288 e. The zero-order valence-electron chi connectivity index (χ0n) is 16.7. The lowest BCUT2D eigenvalue weighted by molar-refractivity contribution is -0.160. The summed E-state index contributed by atoms with van der Waals surface area (Å²) in [6.07, 6.45) is 7.46. The van der Waals surface area contributed by atoms with E-state index in [1.54, 1.807) is 18.2 Å². The fourth-order valence-electron chi connectivity index (χ4n) is 3.09. The smallest absolute Gasteiger partial charge is 0.284 e. The van der Waals surface area contributed by atoms with E-state index in [0.29, 0.717) is 24.2 Å². The Bertz CT molecular complexity index is 1180. The zero-order chi connectivity index (χ0) is 23.3. The first kappa shape index (κ1) is 23.1. The van der Waals surface area contributed by atoms with Crippen LogP contribution in [0.3, 0.4) is 0 Å². The molecule has 168 valence electrons. The fourth-order valence-corrected chi connectivity index (χ4v) is 4.55. The van der Waals surface area contributed by atoms with E-state index in [9.17, 15) is 18.0 Å². The number of rotatable bonds is 7. The lowest BCUT2D eigenvalue weighted by atomic mass is 10.1. The number of hydrogen-bond acceptors (Lipinski definition) is 8. The molecule has 12 heteroatoms. The van der Waals surface area contributed by atoms with Crippen LogP contribution in [0.15, 0.2) is 59.7 Å². The van der Waals surface area contributed by atoms with Gasteiger partial charge >= 0.3 is 0 Å². The molecule has 1 aromatic carbocycles. The summed E-state index contributed by atoms with van der Waals surface area (Å²) in [5.41, 5.74) is 3.57. The van der Waals surface area contributed by atoms with Crippen LogP contribution in [0.5, 0.6) is 0 Å². The summed E-state index contributed by atoms with van der Waals surface area (Å²) in [6.45, 7) is 0.234. The van der Waals surface area contributed by atoms with Gasteiger partial charge in [0.25, 0.3) is 21.8 Å². The molecule has 0 atom stereocenters. The van der Waals surface area contributed by atoms with E-state index in [1.807, 2.05) is 0 Å². The van der Waals surface area contributed by atoms with E-state index in [-0.39, 0.29) is 16.6 Å². The van der Waals surface area contributed by atoms with Crippen molar-refractivity contribution in [3.8, 4) is 0 Å². The molecular weight excluding hydrogens is 438 g/mol. The molecule has 0 spiro atoms. The number of nitrogens with one attached hydrogen (secondary N) is 1. The average Bonchev–Trinajstić information content (AvgIpc) is 3.21. The van der Waals surface area contributed by atoms with E-state index in [1.165, 1.54) is 40.3 Å². The number of hydrazine groups is 1. The van der Waals surface area contributed by atoms with E-state index >= 15 is 0 Å². The normalized spacial score (nSPS) is 13.5. The number of benzene rings is 1. The molecule has 2 amide bonds. The molecule has 2 heterocycles. The Labute approximate surface area is 184 Å². The predicted molar refractivity (Wildman–Crippen MR) is 114 cm³/mol. The van der Waals surface area contributed by atoms with E-state index < -0.39 is 21.8 Å². The Morgan fingerprint density at radius 3 is 2.62 bits per heavy atom. The molecule has 0 aliphatic carbocycles. The second-order valence-corrected chi connectivity index (χ2v) is 8.68. The molecule has 2 aromatic rings. The third kappa shape index (κ3) is 5.18. The van der Waals surface area contributed by atoms with Gasteiger partial charge in [-0.1, -0.05) is 18.2 Å². The number of amides is 2. The van der Waals surface area contributed by atoms with Crippen LogP contribution in [-0.4, -0.2) is 47.3 Å². The second-order valence-electron chi connectivity index (χ2n) is 6.82. The number of hydroxylamine groups is 2. The van der Waals surface area contributed by atoms with Crippen LogP contribution in [0.2, 0.25) is 0 Å². The van der Waals surface area contributed by atoms with Crippen molar-refractivity contribution in [2.24, 2.45) is 5.84 Å². The van der Waals surface area contributed by atoms with Gasteiger partial charge in [-0.25, -0.2) is 29.0 Å². The lowest BCUT2D eigenvalue weighted by Crippen LogP contribution is -2.32. The van der Waals surface area contributed by atoms with Crippen molar-refractivity contribution in [1.29, 1.82) is 0 Å². The predicted octanol–water partition coefficient (Wildman–Crippen LogP) is 0.542. The quantitative estimate of drug-likeness (QED) is 0.153. The number of fused-ring (bicyclic) bond motifs is 1. The second kappa shape index (κ2) is 9.70. The summed E-state index contributed by atoms with van der Waals surface area (Å²) < 4.78 is 27.5. The first-order valence-corrected chi connectivity index (χ1v) is 10.8. The summed E-state index contributed by atoms with van der Waals surface area (Å²) in [5, 5.41) is 17.3. The van der Waals surface area contributed by atoms with Gasteiger partial charge in [0.15, 0.2) is 0 Å². The van der Waals surface area contributed by atoms with Gasteiger partial charge in [0.05, 0.1) is 4.90 Å². The number of nitrogens with two attached hydrogens (primary N) is 1. The number of sulfonamides is 1. The number of allylic oxidation sites excluding steroid dienone is 1. The van der Waals surface area contributed by atoms with Crippen LogP contribution in [-0.2, 0) is 32.5 Å². The Balaban J connectivity index is 1.75. The molecule has 1 aliphatic heterocycles. The summed E-state index contributed by atoms with van der Waals surface area (Å²) in [5.74, 6) is 3.77. The van der Waals surface area contributed by atoms with Crippen molar-refractivity contribution in [2.45, 2.75) is 17.7 Å². The Kier molecular flexibility index (Phi) is 7.00. The molecule has 1 aliphatic rings. The highest BCUT2D eigenvalue weighted by Crippen LogP contribution is 2.31. The molecule has 0 fully saturated rings. The summed E-state index contributed by atoms with van der Waals surface area (Å²) in [6, 6.07) is 7.95. The molecule has 3 rings (SSSR count). The molecule has 1 aromatic heterocycles. The van der Waals surface area contributed by atoms with Crippen LogP contribution in [0.4, 0.5) is 5.82 Å². The summed E-state index contributed by atoms with van der Waals surface area (Å²) >= 11 is 0. The highest BCUT2D eigenvalue weighted by molar-refractivity contribution is 7.92. The number of nitrogens with zero attached hydrogens (tertiary/aromatic N) is 3. The van der Waals surface area contributed by atoms with Gasteiger partial charge in [0.2, 0.25) is 0 Å². The van der Waals surface area contributed by atoms with Gasteiger partial charge in [-0.15, -0.1) is 5.17 Å².